The zero-order chi connectivity index (χ0) is 32.3. The molecule has 0 unspecified atom stereocenters. The number of ether oxygens (including phenoxy) is 2. The maximum Gasteiger partial charge on any atom is 0.266 e. The number of hydrogen-bond donors (Lipinski definition) is 2. The number of hydrogen-bond acceptors (Lipinski definition) is 7. The van der Waals surface area contributed by atoms with Crippen LogP contribution in [0.1, 0.15) is 58.9 Å². The third kappa shape index (κ3) is 7.49. The standard InChI is InChI=1S/C36H48N6O4/c1-25(2)45-33-19-26(29-21-38-39-22-29)10-11-27(33)24-42(30-12-13-30)34(43)28-7-6-16-41(23-28)31-8-5-9-32(20-31)46-36(3,4)35(44)40-17-14-37-15-18-40/h5,8-11,19-22,25,28,30,37H,6-7,12-18,23-24H2,1-4H3,(H,38,39)/t28-/m1/s1. The molecule has 1 saturated carbocycles. The van der Waals surface area contributed by atoms with E-state index in [0.717, 1.165) is 73.4 Å². The number of anilines is 1. The van der Waals surface area contributed by atoms with Crippen LogP contribution in [0.3, 0.4) is 0 Å². The fraction of sp³-hybridized carbons (Fsp3) is 0.528. The number of piperazine rings is 1. The molecule has 2 saturated heterocycles. The lowest BCUT2D eigenvalue weighted by molar-refractivity contribution is -0.146. The Morgan fingerprint density at radius 3 is 2.57 bits per heavy atom. The molecule has 3 aliphatic rings. The summed E-state index contributed by atoms with van der Waals surface area (Å²) >= 11 is 0. The Morgan fingerprint density at radius 2 is 1.85 bits per heavy atom. The molecule has 3 fully saturated rings. The van der Waals surface area contributed by atoms with E-state index >= 15 is 0 Å². The summed E-state index contributed by atoms with van der Waals surface area (Å²) < 4.78 is 12.6. The molecule has 3 heterocycles. The Labute approximate surface area is 272 Å². The minimum absolute atomic E-state index is 0.00118. The van der Waals surface area contributed by atoms with E-state index in [1.165, 1.54) is 0 Å². The summed E-state index contributed by atoms with van der Waals surface area (Å²) in [6, 6.07) is 14.5. The van der Waals surface area contributed by atoms with Gasteiger partial charge in [-0.1, -0.05) is 18.2 Å². The van der Waals surface area contributed by atoms with E-state index < -0.39 is 5.60 Å². The molecule has 0 spiro atoms. The van der Waals surface area contributed by atoms with Crippen molar-refractivity contribution in [2.75, 3.05) is 44.2 Å². The van der Waals surface area contributed by atoms with Gasteiger partial charge in [0.25, 0.3) is 5.91 Å². The minimum Gasteiger partial charge on any atom is -0.491 e. The van der Waals surface area contributed by atoms with E-state index in [1.807, 2.05) is 57.0 Å². The van der Waals surface area contributed by atoms with Crippen LogP contribution in [0.4, 0.5) is 5.69 Å². The number of H-pyrrole nitrogens is 1. The summed E-state index contributed by atoms with van der Waals surface area (Å²) in [6.45, 7) is 12.8. The molecule has 6 rings (SSSR count). The normalized spacial score (nSPS) is 18.8. The average molecular weight is 629 g/mol. The SMILES string of the molecule is CC(C)Oc1cc(-c2cn[nH]c2)ccc1CN(C(=O)[C@@H]1CCCN(c2cccc(OC(C)(C)C(=O)N3CCNCC3)c2)C1)C1CC1. The van der Waals surface area contributed by atoms with E-state index in [0.29, 0.717) is 31.9 Å². The number of carbonyl (C=O) groups is 2. The number of aromatic amines is 1. The number of aromatic nitrogens is 2. The highest BCUT2D eigenvalue weighted by molar-refractivity contribution is 5.85. The topological polar surface area (TPSA) is 103 Å². The second-order valence-electron chi connectivity index (χ2n) is 13.6. The van der Waals surface area contributed by atoms with E-state index in [-0.39, 0.29) is 29.9 Å². The van der Waals surface area contributed by atoms with Gasteiger partial charge < -0.3 is 29.5 Å². The molecule has 0 radical (unpaired) electrons. The zero-order valence-electron chi connectivity index (χ0n) is 27.6. The maximum absolute atomic E-state index is 14.2. The van der Waals surface area contributed by atoms with Crippen molar-refractivity contribution in [1.29, 1.82) is 0 Å². The first-order valence-electron chi connectivity index (χ1n) is 16.8. The summed E-state index contributed by atoms with van der Waals surface area (Å²) in [6.07, 6.45) is 7.58. The van der Waals surface area contributed by atoms with Crippen molar-refractivity contribution >= 4 is 17.5 Å². The van der Waals surface area contributed by atoms with Gasteiger partial charge in [-0.05, 0) is 77.1 Å². The third-order valence-corrected chi connectivity index (χ3v) is 9.12. The molecule has 0 bridgehead atoms. The number of benzene rings is 2. The number of amides is 2. The number of rotatable bonds is 11. The van der Waals surface area contributed by atoms with E-state index in [2.05, 4.69) is 49.6 Å². The van der Waals surface area contributed by atoms with Crippen molar-refractivity contribution in [3.8, 4) is 22.6 Å². The Kier molecular flexibility index (Phi) is 9.54. The van der Waals surface area contributed by atoms with Crippen molar-refractivity contribution < 1.29 is 19.1 Å². The van der Waals surface area contributed by atoms with E-state index in [4.69, 9.17) is 9.47 Å². The molecule has 2 aromatic carbocycles. The Balaban J connectivity index is 1.14. The molecule has 10 heteroatoms. The first kappa shape index (κ1) is 31.9. The van der Waals surface area contributed by atoms with Crippen molar-refractivity contribution in [2.45, 2.75) is 77.7 Å². The first-order valence-corrected chi connectivity index (χ1v) is 16.8. The predicted molar refractivity (Wildman–Crippen MR) is 179 cm³/mol. The van der Waals surface area contributed by atoms with Crippen LogP contribution in [0.15, 0.2) is 54.9 Å². The lowest BCUT2D eigenvalue weighted by atomic mass is 9.95. The van der Waals surface area contributed by atoms with Gasteiger partial charge in [0.2, 0.25) is 5.91 Å². The number of nitrogens with zero attached hydrogens (tertiary/aromatic N) is 4. The van der Waals surface area contributed by atoms with Crippen molar-refractivity contribution in [2.24, 2.45) is 5.92 Å². The van der Waals surface area contributed by atoms with Crippen LogP contribution >= 0.6 is 0 Å². The third-order valence-electron chi connectivity index (χ3n) is 9.12. The number of nitrogens with one attached hydrogen (secondary N) is 2. The maximum atomic E-state index is 14.2. The van der Waals surface area contributed by atoms with Gasteiger partial charge in [0, 0.05) is 80.9 Å². The molecule has 3 aromatic rings. The molecule has 1 aliphatic carbocycles. The molecule has 246 valence electrons. The molecule has 46 heavy (non-hydrogen) atoms. The monoisotopic (exact) mass is 628 g/mol. The van der Waals surface area contributed by atoms with Gasteiger partial charge in [-0.3, -0.25) is 14.7 Å². The van der Waals surface area contributed by atoms with Crippen LogP contribution in [0.2, 0.25) is 0 Å². The molecular weight excluding hydrogens is 580 g/mol. The highest BCUT2D eigenvalue weighted by atomic mass is 16.5. The Morgan fingerprint density at radius 1 is 1.04 bits per heavy atom. The fourth-order valence-electron chi connectivity index (χ4n) is 6.57. The highest BCUT2D eigenvalue weighted by Gasteiger charge is 2.38. The van der Waals surface area contributed by atoms with Gasteiger partial charge in [0.1, 0.15) is 11.5 Å². The number of piperidine rings is 1. The summed E-state index contributed by atoms with van der Waals surface area (Å²) in [7, 11) is 0. The van der Waals surface area contributed by atoms with Crippen LogP contribution in [-0.4, -0.2) is 88.8 Å². The lowest BCUT2D eigenvalue weighted by Crippen LogP contribution is -2.54. The van der Waals surface area contributed by atoms with Gasteiger partial charge in [0.15, 0.2) is 5.60 Å². The molecule has 1 atom stereocenters. The van der Waals surface area contributed by atoms with Crippen molar-refractivity contribution in [3.63, 3.8) is 0 Å². The van der Waals surface area contributed by atoms with Crippen LogP contribution in [0.25, 0.3) is 11.1 Å². The van der Waals surface area contributed by atoms with Gasteiger partial charge in [-0.2, -0.15) is 5.10 Å². The van der Waals surface area contributed by atoms with Crippen LogP contribution in [-0.2, 0) is 16.1 Å². The van der Waals surface area contributed by atoms with Crippen molar-refractivity contribution in [1.82, 2.24) is 25.3 Å². The van der Waals surface area contributed by atoms with Gasteiger partial charge in [-0.15, -0.1) is 0 Å². The van der Waals surface area contributed by atoms with E-state index in [9.17, 15) is 9.59 Å². The second kappa shape index (κ2) is 13.7. The zero-order valence-corrected chi connectivity index (χ0v) is 27.6. The van der Waals surface area contributed by atoms with Gasteiger partial charge in [-0.25, -0.2) is 0 Å². The lowest BCUT2D eigenvalue weighted by Gasteiger charge is -2.37. The van der Waals surface area contributed by atoms with Gasteiger partial charge >= 0.3 is 0 Å². The largest absolute Gasteiger partial charge is 0.491 e. The second-order valence-corrected chi connectivity index (χ2v) is 13.6. The molecule has 1 aromatic heterocycles. The molecule has 2 amide bonds. The van der Waals surface area contributed by atoms with Crippen molar-refractivity contribution in [3.05, 3.63) is 60.4 Å². The Hall–Kier alpha value is -4.05. The molecular formula is C36H48N6O4. The highest BCUT2D eigenvalue weighted by Crippen LogP contribution is 2.36. The average Bonchev–Trinajstić information content (AvgIpc) is 3.75. The number of carbonyl (C=O) groups excluding carboxylic acids is 2. The van der Waals surface area contributed by atoms with Gasteiger partial charge in [0.05, 0.1) is 18.2 Å². The Bertz CT molecular complexity index is 1500. The molecule has 2 aliphatic heterocycles. The summed E-state index contributed by atoms with van der Waals surface area (Å²) in [5.41, 5.74) is 3.10. The summed E-state index contributed by atoms with van der Waals surface area (Å²) in [4.78, 5) is 33.7. The smallest absolute Gasteiger partial charge is 0.266 e. The summed E-state index contributed by atoms with van der Waals surface area (Å²) in [5.74, 6) is 1.60. The van der Waals surface area contributed by atoms with Crippen LogP contribution < -0.4 is 19.7 Å². The quantitative estimate of drug-likeness (QED) is 0.313. The summed E-state index contributed by atoms with van der Waals surface area (Å²) in [5, 5.41) is 10.3. The minimum atomic E-state index is -0.976. The van der Waals surface area contributed by atoms with E-state index in [1.54, 1.807) is 6.20 Å². The van der Waals surface area contributed by atoms with Crippen LogP contribution in [0.5, 0.6) is 11.5 Å². The molecule has 10 nitrogen and oxygen atoms in total. The predicted octanol–water partition coefficient (Wildman–Crippen LogP) is 4.86. The fourth-order valence-corrected chi connectivity index (χ4v) is 6.57. The van der Waals surface area contributed by atoms with Crippen LogP contribution in [0, 0.1) is 5.92 Å². The molecule has 2 N–H and O–H groups in total. The first-order chi connectivity index (χ1) is 22.2.